The van der Waals surface area contributed by atoms with Crippen LogP contribution in [0.5, 0.6) is 0 Å². The van der Waals surface area contributed by atoms with Crippen molar-refractivity contribution in [2.24, 2.45) is 0 Å². The van der Waals surface area contributed by atoms with Gasteiger partial charge in [0.1, 0.15) is 0 Å². The van der Waals surface area contributed by atoms with Crippen LogP contribution in [0.15, 0.2) is 0 Å². The first-order valence-corrected chi connectivity index (χ1v) is 3.32. The first kappa shape index (κ1) is 7.50. The van der Waals surface area contributed by atoms with Gasteiger partial charge in [-0.15, -0.1) is 0 Å². The second kappa shape index (κ2) is 2.56. The highest BCUT2D eigenvalue weighted by Gasteiger charge is 2.39. The third-order valence-electron chi connectivity index (χ3n) is 1.90. The molecule has 4 N–H and O–H groups in total. The first-order chi connectivity index (χ1) is 4.65. The summed E-state index contributed by atoms with van der Waals surface area (Å²) in [6.45, 7) is 1.05. The lowest BCUT2D eigenvalue weighted by atomic mass is 9.92. The van der Waals surface area contributed by atoms with E-state index in [4.69, 9.17) is 9.84 Å². The van der Waals surface area contributed by atoms with E-state index < -0.39 is 11.5 Å². The van der Waals surface area contributed by atoms with Crippen LogP contribution in [0.25, 0.3) is 0 Å². The molecule has 58 valence electrons. The van der Waals surface area contributed by atoms with E-state index in [-0.39, 0.29) is 0 Å². The first-order valence-electron chi connectivity index (χ1n) is 3.32. The third-order valence-corrected chi connectivity index (χ3v) is 1.90. The molecule has 0 aromatic carbocycles. The van der Waals surface area contributed by atoms with E-state index in [0.29, 0.717) is 26.1 Å². The van der Waals surface area contributed by atoms with E-state index in [2.05, 4.69) is 5.73 Å². The largest absolute Gasteiger partial charge is 0.477 e. The molecule has 0 bridgehead atoms. The van der Waals surface area contributed by atoms with Gasteiger partial charge in [0.05, 0.1) is 13.2 Å². The van der Waals surface area contributed by atoms with Crippen LogP contribution in [0, 0.1) is 0 Å². The summed E-state index contributed by atoms with van der Waals surface area (Å²) in [6.07, 6.45) is 1.06. The van der Waals surface area contributed by atoms with E-state index in [1.807, 2.05) is 0 Å². The Labute approximate surface area is 59.0 Å². The molecule has 1 saturated heterocycles. The molecule has 0 saturated carbocycles. The van der Waals surface area contributed by atoms with Gasteiger partial charge in [0, 0.05) is 12.8 Å². The number of carboxylic acid groups (broad SMARTS) is 1. The van der Waals surface area contributed by atoms with Crippen molar-refractivity contribution in [3.05, 3.63) is 0 Å². The average Bonchev–Trinajstić information content (AvgIpc) is 1.89. The molecular weight excluding hydrogens is 134 g/mol. The van der Waals surface area contributed by atoms with Crippen LogP contribution in [-0.2, 0) is 9.53 Å². The summed E-state index contributed by atoms with van der Waals surface area (Å²) in [4.78, 5) is 10.6. The monoisotopic (exact) mass is 146 g/mol. The van der Waals surface area contributed by atoms with Gasteiger partial charge in [0.2, 0.25) is 0 Å². The number of carbonyl (C=O) groups is 1. The topological polar surface area (TPSA) is 74.2 Å². The molecule has 0 aliphatic carbocycles. The van der Waals surface area contributed by atoms with Crippen molar-refractivity contribution in [2.75, 3.05) is 13.2 Å². The molecule has 0 aromatic rings. The molecule has 0 spiro atoms. The van der Waals surface area contributed by atoms with Gasteiger partial charge in [-0.1, -0.05) is 0 Å². The van der Waals surface area contributed by atoms with Crippen LogP contribution in [0.3, 0.4) is 0 Å². The molecular formula is C6H12NO3+. The summed E-state index contributed by atoms with van der Waals surface area (Å²) in [5.74, 6) is -0.809. The van der Waals surface area contributed by atoms with Crippen molar-refractivity contribution in [2.45, 2.75) is 18.4 Å². The Kier molecular flexibility index (Phi) is 1.92. The molecule has 0 aromatic heterocycles. The van der Waals surface area contributed by atoms with E-state index in [1.54, 1.807) is 0 Å². The van der Waals surface area contributed by atoms with Crippen LogP contribution in [0.2, 0.25) is 0 Å². The van der Waals surface area contributed by atoms with Crippen molar-refractivity contribution in [1.29, 1.82) is 0 Å². The van der Waals surface area contributed by atoms with Crippen LogP contribution in [0.4, 0.5) is 0 Å². The van der Waals surface area contributed by atoms with Gasteiger partial charge >= 0.3 is 5.97 Å². The number of hydrogen-bond acceptors (Lipinski definition) is 2. The van der Waals surface area contributed by atoms with Crippen LogP contribution >= 0.6 is 0 Å². The molecule has 1 fully saturated rings. The second-order valence-corrected chi connectivity index (χ2v) is 2.70. The lowest BCUT2D eigenvalue weighted by molar-refractivity contribution is -0.472. The maximum atomic E-state index is 10.6. The Bertz CT molecular complexity index is 140. The van der Waals surface area contributed by atoms with Gasteiger partial charge in [0.15, 0.2) is 5.54 Å². The zero-order valence-electron chi connectivity index (χ0n) is 5.80. The molecule has 1 rings (SSSR count). The number of ether oxygens (including phenoxy) is 1. The number of carboxylic acids is 1. The Balaban J connectivity index is 2.56. The Morgan fingerprint density at radius 3 is 2.30 bits per heavy atom. The fourth-order valence-corrected chi connectivity index (χ4v) is 0.976. The number of aliphatic carboxylic acids is 1. The highest BCUT2D eigenvalue weighted by Crippen LogP contribution is 2.14. The fraction of sp³-hybridized carbons (Fsp3) is 0.833. The molecule has 1 heterocycles. The second-order valence-electron chi connectivity index (χ2n) is 2.70. The fourth-order valence-electron chi connectivity index (χ4n) is 0.976. The molecule has 10 heavy (non-hydrogen) atoms. The normalized spacial score (nSPS) is 24.1. The molecule has 1 aliphatic heterocycles. The van der Waals surface area contributed by atoms with Crippen molar-refractivity contribution >= 4 is 5.97 Å². The van der Waals surface area contributed by atoms with Gasteiger partial charge in [-0.25, -0.2) is 4.79 Å². The minimum atomic E-state index is -0.809. The highest BCUT2D eigenvalue weighted by molar-refractivity contribution is 5.76. The smallest absolute Gasteiger partial charge is 0.365 e. The van der Waals surface area contributed by atoms with Crippen molar-refractivity contribution < 1.29 is 20.4 Å². The number of hydrogen-bond donors (Lipinski definition) is 2. The maximum Gasteiger partial charge on any atom is 0.365 e. The Morgan fingerprint density at radius 2 is 2.00 bits per heavy atom. The minimum Gasteiger partial charge on any atom is -0.477 e. The molecule has 0 amide bonds. The lowest BCUT2D eigenvalue weighted by Crippen LogP contribution is -2.78. The molecule has 0 radical (unpaired) electrons. The van der Waals surface area contributed by atoms with Crippen molar-refractivity contribution in [3.63, 3.8) is 0 Å². The SMILES string of the molecule is [NH3+]C1(C(=O)O)CCOCC1. The summed E-state index contributed by atoms with van der Waals surface area (Å²) >= 11 is 0. The van der Waals surface area contributed by atoms with Crippen LogP contribution < -0.4 is 5.73 Å². The maximum absolute atomic E-state index is 10.6. The Morgan fingerprint density at radius 1 is 1.50 bits per heavy atom. The standard InChI is InChI=1S/C6H11NO3/c7-6(5(8)9)1-3-10-4-2-6/h1-4,7H2,(H,8,9)/p+1. The zero-order chi connectivity index (χ0) is 7.61. The van der Waals surface area contributed by atoms with Gasteiger partial charge in [-0.2, -0.15) is 0 Å². The lowest BCUT2D eigenvalue weighted by Gasteiger charge is -2.25. The molecule has 1 aliphatic rings. The van der Waals surface area contributed by atoms with Gasteiger partial charge in [-0.3, -0.25) is 0 Å². The summed E-state index contributed by atoms with van der Waals surface area (Å²) in [5, 5.41) is 8.68. The van der Waals surface area contributed by atoms with E-state index in [9.17, 15) is 4.79 Å². The summed E-state index contributed by atoms with van der Waals surface area (Å²) in [5.41, 5.74) is 2.87. The van der Waals surface area contributed by atoms with Gasteiger partial charge < -0.3 is 15.6 Å². The quantitative estimate of drug-likeness (QED) is 0.491. The molecule has 0 unspecified atom stereocenters. The summed E-state index contributed by atoms with van der Waals surface area (Å²) in [6, 6.07) is 0. The van der Waals surface area contributed by atoms with E-state index in [0.717, 1.165) is 0 Å². The van der Waals surface area contributed by atoms with Gasteiger partial charge in [-0.05, 0) is 0 Å². The average molecular weight is 146 g/mol. The number of rotatable bonds is 1. The van der Waals surface area contributed by atoms with Gasteiger partial charge in [0.25, 0.3) is 0 Å². The third kappa shape index (κ3) is 1.27. The molecule has 4 heteroatoms. The van der Waals surface area contributed by atoms with Crippen LogP contribution in [-0.4, -0.2) is 29.8 Å². The van der Waals surface area contributed by atoms with Crippen LogP contribution in [0.1, 0.15) is 12.8 Å². The molecule has 0 atom stereocenters. The predicted octanol–water partition coefficient (Wildman–Crippen LogP) is -1.14. The molecule has 4 nitrogen and oxygen atoms in total. The van der Waals surface area contributed by atoms with E-state index >= 15 is 0 Å². The van der Waals surface area contributed by atoms with Crippen molar-refractivity contribution in [1.82, 2.24) is 0 Å². The van der Waals surface area contributed by atoms with Crippen molar-refractivity contribution in [3.8, 4) is 0 Å². The minimum absolute atomic E-state index is 0.524. The Hall–Kier alpha value is -0.610. The highest BCUT2D eigenvalue weighted by atomic mass is 16.5. The number of quaternary nitrogens is 1. The predicted molar refractivity (Wildman–Crippen MR) is 33.3 cm³/mol. The summed E-state index contributed by atoms with van der Waals surface area (Å²) < 4.78 is 5.01. The van der Waals surface area contributed by atoms with E-state index in [1.165, 1.54) is 0 Å². The zero-order valence-corrected chi connectivity index (χ0v) is 5.80. The summed E-state index contributed by atoms with van der Waals surface area (Å²) in [7, 11) is 0.